The van der Waals surface area contributed by atoms with Gasteiger partial charge in [0.05, 0.1) is 4.90 Å². The Labute approximate surface area is 208 Å². The van der Waals surface area contributed by atoms with Gasteiger partial charge in [-0.2, -0.15) is 4.31 Å². The fourth-order valence-corrected chi connectivity index (χ4v) is 6.68. The molecule has 0 aromatic heterocycles. The minimum atomic E-state index is -3.97. The number of carbonyl (C=O) groups is 2. The minimum absolute atomic E-state index is 0.0353. The number of nitrogens with one attached hydrogen (secondary N) is 1. The van der Waals surface area contributed by atoms with E-state index in [9.17, 15) is 18.0 Å². The molecular weight excluding hydrogens is 476 g/mol. The molecule has 2 amide bonds. The Kier molecular flexibility index (Phi) is 9.37. The first-order valence-corrected chi connectivity index (χ1v) is 14.0. The number of hydrogen-bond acceptors (Lipinski definition) is 5. The average molecular weight is 513 g/mol. The highest BCUT2D eigenvalue weighted by atomic mass is 35.5. The maximum atomic E-state index is 13.6. The fraction of sp³-hybridized carbons (Fsp3) is 0.667. The average Bonchev–Trinajstić information content (AvgIpc) is 2.81. The second-order valence-corrected chi connectivity index (χ2v) is 12.2. The third-order valence-electron chi connectivity index (χ3n) is 6.84. The summed E-state index contributed by atoms with van der Waals surface area (Å²) in [6.45, 7) is 7.02. The largest absolute Gasteiger partial charge is 0.368 e. The van der Waals surface area contributed by atoms with E-state index >= 15 is 0 Å². The van der Waals surface area contributed by atoms with Crippen molar-refractivity contribution in [2.45, 2.75) is 56.9 Å². The van der Waals surface area contributed by atoms with Crippen molar-refractivity contribution in [1.29, 1.82) is 0 Å². The Morgan fingerprint density at radius 2 is 1.71 bits per heavy atom. The monoisotopic (exact) mass is 512 g/mol. The highest BCUT2D eigenvalue weighted by Crippen LogP contribution is 2.28. The van der Waals surface area contributed by atoms with Crippen molar-refractivity contribution in [3.8, 4) is 0 Å². The third-order valence-corrected chi connectivity index (χ3v) is 8.98. The molecule has 190 valence electrons. The molecule has 34 heavy (non-hydrogen) atoms. The smallest absolute Gasteiger partial charge is 0.243 e. The van der Waals surface area contributed by atoms with Crippen LogP contribution in [0.2, 0.25) is 5.02 Å². The van der Waals surface area contributed by atoms with Crippen molar-refractivity contribution >= 4 is 33.4 Å². The highest BCUT2D eigenvalue weighted by Gasteiger charge is 2.38. The van der Waals surface area contributed by atoms with Crippen LogP contribution < -0.4 is 11.1 Å². The van der Waals surface area contributed by atoms with E-state index < -0.39 is 22.0 Å². The Hall–Kier alpha value is -1.68. The number of nitrogens with zero attached hydrogens (tertiary/aromatic N) is 2. The standard InChI is InChI=1S/C24H37ClN4O4S/c1-17(2)15-22(23(26)30)29(34(32,33)21-5-3-20(25)4-6-21)16-18-9-13-28(14-10-18)24(31)19-7-11-27-12-8-19/h3-6,17-19,22,27H,7-16H2,1-2H3,(H2,26,30)/t22-/m1/s1. The molecule has 0 aliphatic carbocycles. The molecule has 0 spiro atoms. The van der Waals surface area contributed by atoms with Crippen molar-refractivity contribution in [2.24, 2.45) is 23.5 Å². The molecule has 3 N–H and O–H groups in total. The molecule has 0 unspecified atom stereocenters. The molecule has 2 aliphatic heterocycles. The van der Waals surface area contributed by atoms with Gasteiger partial charge in [0, 0.05) is 30.6 Å². The normalized spacial score (nSPS) is 19.5. The van der Waals surface area contributed by atoms with Gasteiger partial charge in [-0.15, -0.1) is 0 Å². The molecule has 2 saturated heterocycles. The number of likely N-dealkylation sites (tertiary alicyclic amines) is 1. The van der Waals surface area contributed by atoms with Gasteiger partial charge in [0.1, 0.15) is 6.04 Å². The summed E-state index contributed by atoms with van der Waals surface area (Å²) < 4.78 is 28.5. The molecule has 1 atom stereocenters. The van der Waals surface area contributed by atoms with Crippen LogP contribution in [0.3, 0.4) is 0 Å². The summed E-state index contributed by atoms with van der Waals surface area (Å²) >= 11 is 5.96. The van der Waals surface area contributed by atoms with Crippen LogP contribution in [-0.4, -0.2) is 68.2 Å². The van der Waals surface area contributed by atoms with E-state index in [1.54, 1.807) is 0 Å². The van der Waals surface area contributed by atoms with E-state index in [0.29, 0.717) is 37.4 Å². The Balaban J connectivity index is 1.76. The van der Waals surface area contributed by atoms with Crippen molar-refractivity contribution in [1.82, 2.24) is 14.5 Å². The van der Waals surface area contributed by atoms with Gasteiger partial charge in [0.15, 0.2) is 0 Å². The van der Waals surface area contributed by atoms with Gasteiger partial charge in [-0.25, -0.2) is 8.42 Å². The third kappa shape index (κ3) is 6.71. The lowest BCUT2D eigenvalue weighted by Crippen LogP contribution is -2.52. The SMILES string of the molecule is CC(C)C[C@H](C(N)=O)N(CC1CCN(C(=O)C2CCNCC2)CC1)S(=O)(=O)c1ccc(Cl)cc1. The Bertz CT molecular complexity index is 940. The van der Waals surface area contributed by atoms with E-state index in [4.69, 9.17) is 17.3 Å². The molecule has 0 saturated carbocycles. The van der Waals surface area contributed by atoms with Gasteiger partial charge in [0.25, 0.3) is 0 Å². The van der Waals surface area contributed by atoms with E-state index in [1.807, 2.05) is 18.7 Å². The van der Waals surface area contributed by atoms with Crippen LogP contribution in [0.15, 0.2) is 29.2 Å². The maximum absolute atomic E-state index is 13.6. The number of carbonyl (C=O) groups excluding carboxylic acids is 2. The first-order valence-electron chi connectivity index (χ1n) is 12.2. The number of nitrogens with two attached hydrogens (primary N) is 1. The Morgan fingerprint density at radius 3 is 2.24 bits per heavy atom. The summed E-state index contributed by atoms with van der Waals surface area (Å²) in [6, 6.07) is 5.03. The molecule has 8 nitrogen and oxygen atoms in total. The van der Waals surface area contributed by atoms with Crippen LogP contribution in [0, 0.1) is 17.8 Å². The summed E-state index contributed by atoms with van der Waals surface area (Å²) in [7, 11) is -3.97. The van der Waals surface area contributed by atoms with Gasteiger partial charge in [-0.3, -0.25) is 9.59 Å². The molecule has 2 heterocycles. The first kappa shape index (κ1) is 26.9. The number of rotatable bonds is 9. The summed E-state index contributed by atoms with van der Waals surface area (Å²) in [4.78, 5) is 27.3. The van der Waals surface area contributed by atoms with Crippen LogP contribution in [0.4, 0.5) is 0 Å². The van der Waals surface area contributed by atoms with E-state index in [-0.39, 0.29) is 35.1 Å². The second-order valence-electron chi connectivity index (χ2n) is 9.87. The second kappa shape index (κ2) is 11.8. The van der Waals surface area contributed by atoms with Gasteiger partial charge in [-0.1, -0.05) is 25.4 Å². The van der Waals surface area contributed by atoms with E-state index in [2.05, 4.69) is 5.32 Å². The molecule has 0 radical (unpaired) electrons. The number of primary amides is 1. The fourth-order valence-electron chi connectivity index (χ4n) is 4.87. The van der Waals surface area contributed by atoms with Crippen molar-refractivity contribution in [2.75, 3.05) is 32.7 Å². The van der Waals surface area contributed by atoms with E-state index in [0.717, 1.165) is 25.9 Å². The first-order chi connectivity index (χ1) is 16.1. The number of sulfonamides is 1. The minimum Gasteiger partial charge on any atom is -0.368 e. The molecule has 2 aliphatic rings. The quantitative estimate of drug-likeness (QED) is 0.527. The zero-order valence-corrected chi connectivity index (χ0v) is 21.7. The number of piperidine rings is 2. The molecule has 1 aromatic carbocycles. The van der Waals surface area contributed by atoms with Gasteiger partial charge in [0.2, 0.25) is 21.8 Å². The molecular formula is C24H37ClN4O4S. The lowest BCUT2D eigenvalue weighted by molar-refractivity contribution is -0.137. The Morgan fingerprint density at radius 1 is 1.12 bits per heavy atom. The lowest BCUT2D eigenvalue weighted by atomic mass is 9.92. The van der Waals surface area contributed by atoms with Crippen molar-refractivity contribution in [3.05, 3.63) is 29.3 Å². The van der Waals surface area contributed by atoms with Crippen LogP contribution in [-0.2, 0) is 19.6 Å². The van der Waals surface area contributed by atoms with Gasteiger partial charge in [-0.05, 0) is 81.3 Å². The zero-order chi connectivity index (χ0) is 24.9. The van der Waals surface area contributed by atoms with Gasteiger partial charge < -0.3 is 16.0 Å². The van der Waals surface area contributed by atoms with Gasteiger partial charge >= 0.3 is 0 Å². The molecule has 1 aromatic rings. The summed E-state index contributed by atoms with van der Waals surface area (Å²) in [5.41, 5.74) is 5.71. The van der Waals surface area contributed by atoms with Crippen LogP contribution in [0.5, 0.6) is 0 Å². The predicted octanol–water partition coefficient (Wildman–Crippen LogP) is 2.47. The van der Waals surface area contributed by atoms with Crippen LogP contribution >= 0.6 is 11.6 Å². The highest BCUT2D eigenvalue weighted by molar-refractivity contribution is 7.89. The molecule has 2 fully saturated rings. The molecule has 0 bridgehead atoms. The molecule has 3 rings (SSSR count). The van der Waals surface area contributed by atoms with Crippen molar-refractivity contribution in [3.63, 3.8) is 0 Å². The summed E-state index contributed by atoms with van der Waals surface area (Å²) in [6.07, 6.45) is 3.45. The number of amides is 2. The summed E-state index contributed by atoms with van der Waals surface area (Å²) in [5, 5.41) is 3.72. The zero-order valence-electron chi connectivity index (χ0n) is 20.1. The number of hydrogen-bond donors (Lipinski definition) is 2. The lowest BCUT2D eigenvalue weighted by Gasteiger charge is -2.38. The van der Waals surface area contributed by atoms with Crippen LogP contribution in [0.25, 0.3) is 0 Å². The topological polar surface area (TPSA) is 113 Å². The van der Waals surface area contributed by atoms with E-state index in [1.165, 1.54) is 28.6 Å². The molecule has 10 heteroatoms. The number of halogens is 1. The maximum Gasteiger partial charge on any atom is 0.243 e. The summed E-state index contributed by atoms with van der Waals surface area (Å²) in [5.74, 6) is -0.243. The van der Waals surface area contributed by atoms with Crippen LogP contribution in [0.1, 0.15) is 46.0 Å². The predicted molar refractivity (Wildman–Crippen MR) is 133 cm³/mol. The number of benzene rings is 1. The van der Waals surface area contributed by atoms with Crippen molar-refractivity contribution < 1.29 is 18.0 Å².